The zero-order valence-corrected chi connectivity index (χ0v) is 13.4. The van der Waals surface area contributed by atoms with Gasteiger partial charge in [-0.2, -0.15) is 0 Å². The van der Waals surface area contributed by atoms with E-state index in [0.717, 1.165) is 5.69 Å². The van der Waals surface area contributed by atoms with Crippen LogP contribution in [0, 0.1) is 12.7 Å². The molecular weight excluding hydrogens is 359 g/mol. The minimum absolute atomic E-state index is 0.127. The Balaban J connectivity index is 1.90. The van der Waals surface area contributed by atoms with Gasteiger partial charge in [0.25, 0.3) is 0 Å². The van der Waals surface area contributed by atoms with Crippen LogP contribution in [0.5, 0.6) is 5.75 Å². The minimum atomic E-state index is -0.311. The first-order valence-corrected chi connectivity index (χ1v) is 7.43. The minimum Gasteiger partial charge on any atom is -0.485 e. The van der Waals surface area contributed by atoms with Gasteiger partial charge in [0.1, 0.15) is 17.6 Å². The van der Waals surface area contributed by atoms with E-state index < -0.39 is 0 Å². The molecule has 0 N–H and O–H groups in total. The van der Waals surface area contributed by atoms with Crippen LogP contribution in [-0.4, -0.2) is 9.38 Å². The molecule has 21 heavy (non-hydrogen) atoms. The molecule has 0 radical (unpaired) electrons. The second kappa shape index (κ2) is 5.66. The maximum absolute atomic E-state index is 13.8. The SMILES string of the molecule is Cc1nc2c(OCc3ccc(Br)cc3F)cccn2c1Cl. The average Bonchev–Trinajstić information content (AvgIpc) is 2.74. The van der Waals surface area contributed by atoms with Crippen molar-refractivity contribution >= 4 is 33.2 Å². The zero-order valence-electron chi connectivity index (χ0n) is 11.1. The van der Waals surface area contributed by atoms with Crippen molar-refractivity contribution in [2.24, 2.45) is 0 Å². The van der Waals surface area contributed by atoms with Gasteiger partial charge >= 0.3 is 0 Å². The fraction of sp³-hybridized carbons (Fsp3) is 0.133. The number of hydrogen-bond donors (Lipinski definition) is 0. The van der Waals surface area contributed by atoms with Gasteiger partial charge in [-0.3, -0.25) is 4.40 Å². The molecule has 0 amide bonds. The van der Waals surface area contributed by atoms with Crippen LogP contribution in [0.15, 0.2) is 41.0 Å². The standard InChI is InChI=1S/C15H11BrClFN2O/c1-9-14(17)20-6-2-3-13(15(20)19-9)21-8-10-4-5-11(16)7-12(10)18/h2-7H,8H2,1H3. The van der Waals surface area contributed by atoms with Gasteiger partial charge in [-0.25, -0.2) is 9.37 Å². The normalized spacial score (nSPS) is 11.0. The number of halogens is 3. The molecule has 3 aromatic rings. The molecule has 108 valence electrons. The van der Waals surface area contributed by atoms with Gasteiger partial charge < -0.3 is 4.74 Å². The van der Waals surface area contributed by atoms with Gasteiger partial charge in [-0.15, -0.1) is 0 Å². The van der Waals surface area contributed by atoms with Gasteiger partial charge in [0.2, 0.25) is 0 Å². The number of aromatic nitrogens is 2. The van der Waals surface area contributed by atoms with Crippen molar-refractivity contribution in [2.45, 2.75) is 13.5 Å². The molecule has 2 aromatic heterocycles. The van der Waals surface area contributed by atoms with Gasteiger partial charge in [-0.05, 0) is 31.2 Å². The number of benzene rings is 1. The van der Waals surface area contributed by atoms with Gasteiger partial charge in [-0.1, -0.05) is 33.6 Å². The molecule has 0 fully saturated rings. The molecule has 0 atom stereocenters. The number of pyridine rings is 1. The summed E-state index contributed by atoms with van der Waals surface area (Å²) in [6, 6.07) is 8.47. The number of hydrogen-bond acceptors (Lipinski definition) is 2. The first-order valence-electron chi connectivity index (χ1n) is 6.26. The lowest BCUT2D eigenvalue weighted by Crippen LogP contribution is -2.00. The second-order valence-electron chi connectivity index (χ2n) is 4.58. The van der Waals surface area contributed by atoms with E-state index in [1.54, 1.807) is 22.6 Å². The average molecular weight is 370 g/mol. The molecule has 0 spiro atoms. The first-order chi connectivity index (χ1) is 10.1. The predicted octanol–water partition coefficient (Wildman–Crippen LogP) is 4.78. The van der Waals surface area contributed by atoms with Crippen molar-refractivity contribution < 1.29 is 9.13 Å². The van der Waals surface area contributed by atoms with Crippen molar-refractivity contribution in [2.75, 3.05) is 0 Å². The topological polar surface area (TPSA) is 26.5 Å². The molecule has 3 rings (SSSR count). The van der Waals surface area contributed by atoms with E-state index in [1.807, 2.05) is 19.2 Å². The number of imidazole rings is 1. The summed E-state index contributed by atoms with van der Waals surface area (Å²) in [6.45, 7) is 1.95. The summed E-state index contributed by atoms with van der Waals surface area (Å²) in [5, 5.41) is 0.547. The molecule has 0 saturated carbocycles. The van der Waals surface area contributed by atoms with Crippen molar-refractivity contribution in [1.29, 1.82) is 0 Å². The van der Waals surface area contributed by atoms with E-state index in [2.05, 4.69) is 20.9 Å². The van der Waals surface area contributed by atoms with Crippen LogP contribution < -0.4 is 4.74 Å². The summed E-state index contributed by atoms with van der Waals surface area (Å²) in [6.07, 6.45) is 1.81. The van der Waals surface area contributed by atoms with E-state index in [1.165, 1.54) is 6.07 Å². The third-order valence-corrected chi connectivity index (χ3v) is 4.06. The van der Waals surface area contributed by atoms with Crippen LogP contribution in [0.2, 0.25) is 5.15 Å². The molecule has 1 aromatic carbocycles. The molecule has 6 heteroatoms. The number of ether oxygens (including phenoxy) is 1. The van der Waals surface area contributed by atoms with Gasteiger partial charge in [0, 0.05) is 16.2 Å². The largest absolute Gasteiger partial charge is 0.485 e. The van der Waals surface area contributed by atoms with Gasteiger partial charge in [0.05, 0.1) is 5.69 Å². The van der Waals surface area contributed by atoms with Crippen molar-refractivity contribution in [1.82, 2.24) is 9.38 Å². The molecule has 2 heterocycles. The Labute approximate surface area is 134 Å². The lowest BCUT2D eigenvalue weighted by molar-refractivity contribution is 0.301. The van der Waals surface area contributed by atoms with Crippen molar-refractivity contribution in [3.05, 3.63) is 63.2 Å². The Kier molecular flexibility index (Phi) is 3.87. The van der Waals surface area contributed by atoms with Crippen LogP contribution in [0.4, 0.5) is 4.39 Å². The van der Waals surface area contributed by atoms with Crippen molar-refractivity contribution in [3.8, 4) is 5.75 Å². The Bertz CT molecular complexity index is 819. The van der Waals surface area contributed by atoms with E-state index in [4.69, 9.17) is 16.3 Å². The van der Waals surface area contributed by atoms with Crippen molar-refractivity contribution in [3.63, 3.8) is 0 Å². The third kappa shape index (κ3) is 2.76. The summed E-state index contributed by atoms with van der Waals surface area (Å²) in [5.41, 5.74) is 1.83. The Hall–Kier alpha value is -1.59. The Morgan fingerprint density at radius 2 is 2.19 bits per heavy atom. The number of fused-ring (bicyclic) bond motifs is 1. The van der Waals surface area contributed by atoms with Crippen LogP contribution in [0.3, 0.4) is 0 Å². The van der Waals surface area contributed by atoms with Crippen LogP contribution in [-0.2, 0) is 6.61 Å². The molecule has 3 nitrogen and oxygen atoms in total. The maximum atomic E-state index is 13.8. The first kappa shape index (κ1) is 14.4. The predicted molar refractivity (Wildman–Crippen MR) is 83.4 cm³/mol. The summed E-state index contributed by atoms with van der Waals surface area (Å²) < 4.78 is 21.9. The Morgan fingerprint density at radius 3 is 2.95 bits per heavy atom. The second-order valence-corrected chi connectivity index (χ2v) is 5.85. The van der Waals surface area contributed by atoms with E-state index >= 15 is 0 Å². The Morgan fingerprint density at radius 1 is 1.38 bits per heavy atom. The van der Waals surface area contributed by atoms with E-state index in [-0.39, 0.29) is 12.4 Å². The maximum Gasteiger partial charge on any atom is 0.181 e. The fourth-order valence-corrected chi connectivity index (χ4v) is 2.55. The summed E-state index contributed by atoms with van der Waals surface area (Å²) in [5.74, 6) is 0.253. The molecule has 0 aliphatic rings. The molecule has 0 bridgehead atoms. The fourth-order valence-electron chi connectivity index (χ4n) is 2.03. The lowest BCUT2D eigenvalue weighted by Gasteiger charge is -2.08. The molecule has 0 saturated heterocycles. The zero-order chi connectivity index (χ0) is 15.0. The van der Waals surface area contributed by atoms with E-state index in [9.17, 15) is 4.39 Å². The molecule has 0 unspecified atom stereocenters. The number of rotatable bonds is 3. The van der Waals surface area contributed by atoms with Gasteiger partial charge in [0.15, 0.2) is 11.4 Å². The highest BCUT2D eigenvalue weighted by atomic mass is 79.9. The number of nitrogens with zero attached hydrogens (tertiary/aromatic N) is 2. The quantitative estimate of drug-likeness (QED) is 0.664. The van der Waals surface area contributed by atoms with Crippen LogP contribution >= 0.6 is 27.5 Å². The number of aryl methyl sites for hydroxylation is 1. The summed E-state index contributed by atoms with van der Waals surface area (Å²) >= 11 is 9.38. The summed E-state index contributed by atoms with van der Waals surface area (Å²) in [7, 11) is 0. The molecule has 0 aliphatic carbocycles. The lowest BCUT2D eigenvalue weighted by atomic mass is 10.2. The smallest absolute Gasteiger partial charge is 0.181 e. The monoisotopic (exact) mass is 368 g/mol. The van der Waals surface area contributed by atoms with Crippen LogP contribution in [0.1, 0.15) is 11.3 Å². The highest BCUT2D eigenvalue weighted by Crippen LogP contribution is 2.26. The molecular formula is C15H11BrClFN2O. The highest BCUT2D eigenvalue weighted by Gasteiger charge is 2.11. The highest BCUT2D eigenvalue weighted by molar-refractivity contribution is 9.10. The van der Waals surface area contributed by atoms with E-state index in [0.29, 0.717) is 26.6 Å². The third-order valence-electron chi connectivity index (χ3n) is 3.11. The van der Waals surface area contributed by atoms with Crippen LogP contribution in [0.25, 0.3) is 5.65 Å². The molecule has 0 aliphatic heterocycles. The summed E-state index contributed by atoms with van der Waals surface area (Å²) in [4.78, 5) is 4.37.